The number of carbonyl (C=O) groups excluding carboxylic acids is 1. The number of aliphatic carboxylic acids is 1. The lowest BCUT2D eigenvalue weighted by Gasteiger charge is -2.15. The molecule has 1 atom stereocenters. The minimum Gasteiger partial charge on any atom is -0.479 e. The molecule has 0 heterocycles. The summed E-state index contributed by atoms with van der Waals surface area (Å²) in [6.45, 7) is 4.51. The van der Waals surface area contributed by atoms with Crippen molar-refractivity contribution in [2.45, 2.75) is 32.4 Å². The molecule has 0 aliphatic heterocycles. The van der Waals surface area contributed by atoms with Crippen molar-refractivity contribution in [2.75, 3.05) is 6.54 Å². The molecular weight excluding hydrogens is 244 g/mol. The van der Waals surface area contributed by atoms with Crippen LogP contribution in [0.1, 0.15) is 31.9 Å². The molecule has 1 rings (SSSR count). The molecule has 1 amide bonds. The van der Waals surface area contributed by atoms with Crippen LogP contribution in [-0.2, 0) is 9.59 Å². The maximum absolute atomic E-state index is 11.7. The Morgan fingerprint density at radius 3 is 2.37 bits per heavy atom. The molecule has 1 aromatic carbocycles. The van der Waals surface area contributed by atoms with Crippen LogP contribution in [0.25, 0.3) is 0 Å². The van der Waals surface area contributed by atoms with Gasteiger partial charge in [-0.15, -0.1) is 0 Å². The SMILES string of the molecule is CC(C)NCCC(=O)N[C@@H](C(=O)O)c1ccccc1. The predicted octanol–water partition coefficient (Wildman–Crippen LogP) is 1.32. The molecule has 0 unspecified atom stereocenters. The monoisotopic (exact) mass is 264 g/mol. The van der Waals surface area contributed by atoms with Crippen molar-refractivity contribution in [1.82, 2.24) is 10.6 Å². The second kappa shape index (κ2) is 7.53. The average molecular weight is 264 g/mol. The van der Waals surface area contributed by atoms with E-state index in [4.69, 9.17) is 5.11 Å². The highest BCUT2D eigenvalue weighted by Gasteiger charge is 2.21. The van der Waals surface area contributed by atoms with Crippen molar-refractivity contribution in [2.24, 2.45) is 0 Å². The summed E-state index contributed by atoms with van der Waals surface area (Å²) in [6.07, 6.45) is 0.259. The van der Waals surface area contributed by atoms with E-state index in [1.165, 1.54) is 0 Å². The van der Waals surface area contributed by atoms with Crippen LogP contribution in [0.3, 0.4) is 0 Å². The molecule has 0 radical (unpaired) electrons. The van der Waals surface area contributed by atoms with E-state index in [0.717, 1.165) is 0 Å². The highest BCUT2D eigenvalue weighted by Crippen LogP contribution is 2.12. The number of hydrogen-bond donors (Lipinski definition) is 3. The van der Waals surface area contributed by atoms with Crippen molar-refractivity contribution >= 4 is 11.9 Å². The molecule has 1 aromatic rings. The molecule has 0 aliphatic rings. The molecular formula is C14H20N2O3. The van der Waals surface area contributed by atoms with Gasteiger partial charge in [0.2, 0.25) is 5.91 Å². The maximum atomic E-state index is 11.7. The second-order valence-electron chi connectivity index (χ2n) is 4.61. The van der Waals surface area contributed by atoms with Crippen molar-refractivity contribution in [3.8, 4) is 0 Å². The molecule has 0 bridgehead atoms. The standard InChI is InChI=1S/C14H20N2O3/c1-10(2)15-9-8-12(17)16-13(14(18)19)11-6-4-3-5-7-11/h3-7,10,13,15H,8-9H2,1-2H3,(H,16,17)(H,18,19)/t13-/m1/s1. The normalized spacial score (nSPS) is 12.2. The number of hydrogen-bond acceptors (Lipinski definition) is 3. The highest BCUT2D eigenvalue weighted by molar-refractivity contribution is 5.84. The van der Waals surface area contributed by atoms with Gasteiger partial charge >= 0.3 is 5.97 Å². The Morgan fingerprint density at radius 1 is 1.21 bits per heavy atom. The van der Waals surface area contributed by atoms with Gasteiger partial charge in [0.15, 0.2) is 6.04 Å². The first kappa shape index (κ1) is 15.2. The first-order valence-electron chi connectivity index (χ1n) is 6.31. The van der Waals surface area contributed by atoms with Crippen molar-refractivity contribution in [1.29, 1.82) is 0 Å². The fourth-order valence-corrected chi connectivity index (χ4v) is 1.64. The smallest absolute Gasteiger partial charge is 0.330 e. The summed E-state index contributed by atoms with van der Waals surface area (Å²) in [5.74, 6) is -1.33. The summed E-state index contributed by atoms with van der Waals surface area (Å²) < 4.78 is 0. The molecule has 0 aliphatic carbocycles. The van der Waals surface area contributed by atoms with E-state index >= 15 is 0 Å². The number of amides is 1. The summed E-state index contributed by atoms with van der Waals surface area (Å²) in [4.78, 5) is 22.9. The van der Waals surface area contributed by atoms with Crippen LogP contribution in [0.4, 0.5) is 0 Å². The lowest BCUT2D eigenvalue weighted by atomic mass is 10.1. The summed E-state index contributed by atoms with van der Waals surface area (Å²) in [6, 6.07) is 7.98. The fraction of sp³-hybridized carbons (Fsp3) is 0.429. The zero-order valence-electron chi connectivity index (χ0n) is 11.2. The Kier molecular flexibility index (Phi) is 6.02. The predicted molar refractivity (Wildman–Crippen MR) is 72.7 cm³/mol. The number of nitrogens with one attached hydrogen (secondary N) is 2. The minimum atomic E-state index is -1.06. The molecule has 0 fully saturated rings. The van der Waals surface area contributed by atoms with Gasteiger partial charge in [-0.3, -0.25) is 4.79 Å². The third-order valence-corrected chi connectivity index (χ3v) is 2.59. The number of carboxylic acid groups (broad SMARTS) is 1. The summed E-state index contributed by atoms with van der Waals surface area (Å²) in [5, 5.41) is 14.8. The zero-order chi connectivity index (χ0) is 14.3. The molecule has 3 N–H and O–H groups in total. The Bertz CT molecular complexity index is 418. The van der Waals surface area contributed by atoms with E-state index in [-0.39, 0.29) is 12.3 Å². The van der Waals surface area contributed by atoms with Crippen LogP contribution in [-0.4, -0.2) is 29.6 Å². The van der Waals surface area contributed by atoms with Crippen LogP contribution < -0.4 is 10.6 Å². The Hall–Kier alpha value is -1.88. The van der Waals surface area contributed by atoms with E-state index < -0.39 is 12.0 Å². The van der Waals surface area contributed by atoms with E-state index in [1.807, 2.05) is 13.8 Å². The van der Waals surface area contributed by atoms with Gasteiger partial charge < -0.3 is 15.7 Å². The lowest BCUT2D eigenvalue weighted by molar-refractivity contribution is -0.142. The van der Waals surface area contributed by atoms with Crippen LogP contribution >= 0.6 is 0 Å². The summed E-state index contributed by atoms with van der Waals surface area (Å²) >= 11 is 0. The van der Waals surface area contributed by atoms with Crippen LogP contribution in [0.5, 0.6) is 0 Å². The number of carboxylic acids is 1. The Labute approximate surface area is 113 Å². The molecule has 5 nitrogen and oxygen atoms in total. The van der Waals surface area contributed by atoms with E-state index in [9.17, 15) is 9.59 Å². The molecule has 5 heteroatoms. The van der Waals surface area contributed by atoms with Crippen molar-refractivity contribution < 1.29 is 14.7 Å². The summed E-state index contributed by atoms with van der Waals surface area (Å²) in [7, 11) is 0. The van der Waals surface area contributed by atoms with Gasteiger partial charge in [0.05, 0.1) is 0 Å². The van der Waals surface area contributed by atoms with E-state index in [2.05, 4.69) is 10.6 Å². The second-order valence-corrected chi connectivity index (χ2v) is 4.61. The molecule has 19 heavy (non-hydrogen) atoms. The molecule has 0 saturated heterocycles. The molecule has 0 aromatic heterocycles. The first-order chi connectivity index (χ1) is 9.00. The van der Waals surface area contributed by atoms with Crippen LogP contribution in [0.2, 0.25) is 0 Å². The molecule has 104 valence electrons. The zero-order valence-corrected chi connectivity index (χ0v) is 11.2. The number of rotatable bonds is 7. The van der Waals surface area contributed by atoms with Gasteiger partial charge in [-0.1, -0.05) is 44.2 Å². The maximum Gasteiger partial charge on any atom is 0.330 e. The van der Waals surface area contributed by atoms with Gasteiger partial charge in [-0.25, -0.2) is 4.79 Å². The lowest BCUT2D eigenvalue weighted by Crippen LogP contribution is -2.36. The fourth-order valence-electron chi connectivity index (χ4n) is 1.64. The summed E-state index contributed by atoms with van der Waals surface area (Å²) in [5.41, 5.74) is 0.570. The van der Waals surface area contributed by atoms with Gasteiger partial charge in [0.1, 0.15) is 0 Å². The third-order valence-electron chi connectivity index (χ3n) is 2.59. The van der Waals surface area contributed by atoms with Gasteiger partial charge in [0.25, 0.3) is 0 Å². The largest absolute Gasteiger partial charge is 0.479 e. The van der Waals surface area contributed by atoms with Gasteiger partial charge in [-0.05, 0) is 5.56 Å². The van der Waals surface area contributed by atoms with E-state index in [1.54, 1.807) is 30.3 Å². The third kappa shape index (κ3) is 5.52. The quantitative estimate of drug-likeness (QED) is 0.694. The minimum absolute atomic E-state index is 0.259. The molecule has 0 saturated carbocycles. The van der Waals surface area contributed by atoms with Crippen LogP contribution in [0.15, 0.2) is 30.3 Å². The molecule has 0 spiro atoms. The van der Waals surface area contributed by atoms with Gasteiger partial charge in [0, 0.05) is 19.0 Å². The van der Waals surface area contributed by atoms with Gasteiger partial charge in [-0.2, -0.15) is 0 Å². The topological polar surface area (TPSA) is 78.4 Å². The number of carbonyl (C=O) groups is 2. The van der Waals surface area contributed by atoms with Crippen molar-refractivity contribution in [3.63, 3.8) is 0 Å². The average Bonchev–Trinajstić information content (AvgIpc) is 2.36. The first-order valence-corrected chi connectivity index (χ1v) is 6.31. The number of benzene rings is 1. The highest BCUT2D eigenvalue weighted by atomic mass is 16.4. The Balaban J connectivity index is 2.55. The van der Waals surface area contributed by atoms with Crippen LogP contribution in [0, 0.1) is 0 Å². The van der Waals surface area contributed by atoms with E-state index in [0.29, 0.717) is 18.2 Å². The van der Waals surface area contributed by atoms with Crippen molar-refractivity contribution in [3.05, 3.63) is 35.9 Å². The Morgan fingerprint density at radius 2 is 1.84 bits per heavy atom.